The summed E-state index contributed by atoms with van der Waals surface area (Å²) in [6, 6.07) is 4.87. The SMILES string of the molecule is O=C(O)CN1CC(NCCCCCc2ccc3c(n2)NCCC3)C1. The molecule has 2 aliphatic heterocycles. The Hall–Kier alpha value is -1.66. The molecule has 0 unspecified atom stereocenters. The smallest absolute Gasteiger partial charge is 0.317 e. The Morgan fingerprint density at radius 2 is 2.21 bits per heavy atom. The Bertz CT molecular complexity index is 558. The number of fused-ring (bicyclic) bond motifs is 1. The highest BCUT2D eigenvalue weighted by Crippen LogP contribution is 2.20. The molecule has 0 spiro atoms. The normalized spacial score (nSPS) is 17.8. The highest BCUT2D eigenvalue weighted by atomic mass is 16.4. The van der Waals surface area contributed by atoms with E-state index in [0.29, 0.717) is 6.04 Å². The van der Waals surface area contributed by atoms with Gasteiger partial charge < -0.3 is 15.7 Å². The van der Waals surface area contributed by atoms with E-state index in [1.165, 1.54) is 36.9 Å². The number of pyridine rings is 1. The molecule has 0 aromatic carbocycles. The van der Waals surface area contributed by atoms with Gasteiger partial charge in [0.05, 0.1) is 6.54 Å². The minimum absolute atomic E-state index is 0.167. The number of nitrogens with one attached hydrogen (secondary N) is 2. The summed E-state index contributed by atoms with van der Waals surface area (Å²) < 4.78 is 0. The number of unbranched alkanes of at least 4 members (excludes halogenated alkanes) is 2. The molecule has 0 aliphatic carbocycles. The van der Waals surface area contributed by atoms with Crippen LogP contribution in [0.2, 0.25) is 0 Å². The van der Waals surface area contributed by atoms with Crippen molar-refractivity contribution in [1.29, 1.82) is 0 Å². The van der Waals surface area contributed by atoms with Crippen LogP contribution in [0.25, 0.3) is 0 Å². The van der Waals surface area contributed by atoms with Gasteiger partial charge >= 0.3 is 5.97 Å². The Balaban J connectivity index is 1.24. The number of carboxylic acids is 1. The van der Waals surface area contributed by atoms with Crippen LogP contribution in [0, 0.1) is 0 Å². The van der Waals surface area contributed by atoms with Gasteiger partial charge in [0.1, 0.15) is 5.82 Å². The van der Waals surface area contributed by atoms with Crippen molar-refractivity contribution in [3.8, 4) is 0 Å². The van der Waals surface area contributed by atoms with Crippen molar-refractivity contribution >= 4 is 11.8 Å². The van der Waals surface area contributed by atoms with Crippen LogP contribution < -0.4 is 10.6 Å². The van der Waals surface area contributed by atoms with Crippen molar-refractivity contribution < 1.29 is 9.90 Å². The molecule has 1 aromatic rings. The molecule has 6 heteroatoms. The molecule has 1 aromatic heterocycles. The molecular weight excluding hydrogens is 304 g/mol. The maximum atomic E-state index is 10.6. The minimum atomic E-state index is -0.737. The summed E-state index contributed by atoms with van der Waals surface area (Å²) >= 11 is 0. The topological polar surface area (TPSA) is 77.5 Å². The fraction of sp³-hybridized carbons (Fsp3) is 0.667. The quantitative estimate of drug-likeness (QED) is 0.595. The van der Waals surface area contributed by atoms with Gasteiger partial charge in [0.25, 0.3) is 0 Å². The summed E-state index contributed by atoms with van der Waals surface area (Å²) in [6.45, 7) is 3.95. The third-order valence-corrected chi connectivity index (χ3v) is 4.81. The van der Waals surface area contributed by atoms with E-state index < -0.39 is 5.97 Å². The van der Waals surface area contributed by atoms with Crippen LogP contribution in [-0.4, -0.2) is 59.7 Å². The molecule has 0 radical (unpaired) electrons. The Morgan fingerprint density at radius 1 is 1.33 bits per heavy atom. The van der Waals surface area contributed by atoms with Crippen LogP contribution in [0.5, 0.6) is 0 Å². The highest BCUT2D eigenvalue weighted by molar-refractivity contribution is 5.69. The molecule has 0 saturated carbocycles. The van der Waals surface area contributed by atoms with Crippen LogP contribution in [0.15, 0.2) is 12.1 Å². The molecule has 6 nitrogen and oxygen atoms in total. The summed E-state index contributed by atoms with van der Waals surface area (Å²) in [5.74, 6) is 0.357. The predicted octanol–water partition coefficient (Wildman–Crippen LogP) is 1.51. The Labute approximate surface area is 143 Å². The monoisotopic (exact) mass is 332 g/mol. The van der Waals surface area contributed by atoms with E-state index in [9.17, 15) is 4.79 Å². The van der Waals surface area contributed by atoms with Gasteiger partial charge in [-0.15, -0.1) is 0 Å². The number of carboxylic acid groups (broad SMARTS) is 1. The van der Waals surface area contributed by atoms with Gasteiger partial charge in [-0.1, -0.05) is 12.5 Å². The van der Waals surface area contributed by atoms with E-state index in [-0.39, 0.29) is 6.54 Å². The van der Waals surface area contributed by atoms with Gasteiger partial charge in [-0.3, -0.25) is 9.69 Å². The standard InChI is InChI=1S/C18H28N4O2/c23-17(24)13-22-11-16(12-22)19-9-3-1-2-6-15-8-7-14-5-4-10-20-18(14)21-15/h7-8,16,19H,1-6,9-13H2,(H,20,21)(H,23,24). The largest absolute Gasteiger partial charge is 0.480 e. The molecule has 24 heavy (non-hydrogen) atoms. The fourth-order valence-electron chi connectivity index (χ4n) is 3.44. The van der Waals surface area contributed by atoms with Crippen LogP contribution in [0.1, 0.15) is 36.9 Å². The van der Waals surface area contributed by atoms with Gasteiger partial charge in [0, 0.05) is 31.4 Å². The first-order valence-corrected chi connectivity index (χ1v) is 9.11. The average Bonchev–Trinajstić information content (AvgIpc) is 2.54. The maximum Gasteiger partial charge on any atom is 0.317 e. The number of aryl methyl sites for hydroxylation is 2. The van der Waals surface area contributed by atoms with Crippen LogP contribution in [-0.2, 0) is 17.6 Å². The van der Waals surface area contributed by atoms with Crippen LogP contribution in [0.3, 0.4) is 0 Å². The van der Waals surface area contributed by atoms with E-state index in [2.05, 4.69) is 22.8 Å². The third kappa shape index (κ3) is 4.92. The zero-order chi connectivity index (χ0) is 16.8. The van der Waals surface area contributed by atoms with E-state index in [1.807, 2.05) is 4.90 Å². The van der Waals surface area contributed by atoms with Crippen molar-refractivity contribution in [2.45, 2.75) is 44.6 Å². The molecule has 1 saturated heterocycles. The fourth-order valence-corrected chi connectivity index (χ4v) is 3.44. The molecule has 2 aliphatic rings. The number of hydrogen-bond acceptors (Lipinski definition) is 5. The summed E-state index contributed by atoms with van der Waals surface area (Å²) in [5.41, 5.74) is 2.55. The van der Waals surface area contributed by atoms with Gasteiger partial charge in [-0.2, -0.15) is 0 Å². The lowest BCUT2D eigenvalue weighted by Crippen LogP contribution is -2.59. The molecular formula is C18H28N4O2. The predicted molar refractivity (Wildman–Crippen MR) is 94.5 cm³/mol. The molecule has 1 fully saturated rings. The second kappa shape index (κ2) is 8.44. The second-order valence-electron chi connectivity index (χ2n) is 6.89. The van der Waals surface area contributed by atoms with Gasteiger partial charge in [0.15, 0.2) is 0 Å². The molecule has 0 bridgehead atoms. The first-order valence-electron chi connectivity index (χ1n) is 9.11. The Kier molecular flexibility index (Phi) is 6.04. The summed E-state index contributed by atoms with van der Waals surface area (Å²) in [7, 11) is 0. The van der Waals surface area contributed by atoms with Crippen LogP contribution in [0.4, 0.5) is 5.82 Å². The van der Waals surface area contributed by atoms with Crippen molar-refractivity contribution in [1.82, 2.24) is 15.2 Å². The molecule has 3 rings (SSSR count). The average molecular weight is 332 g/mol. The summed E-state index contributed by atoms with van der Waals surface area (Å²) in [5, 5.41) is 15.6. The van der Waals surface area contributed by atoms with E-state index in [0.717, 1.165) is 44.8 Å². The van der Waals surface area contributed by atoms with Crippen molar-refractivity contribution in [2.24, 2.45) is 0 Å². The lowest BCUT2D eigenvalue weighted by Gasteiger charge is -2.38. The van der Waals surface area contributed by atoms with Crippen molar-refractivity contribution in [3.05, 3.63) is 23.4 Å². The van der Waals surface area contributed by atoms with Crippen molar-refractivity contribution in [3.63, 3.8) is 0 Å². The molecule has 3 N–H and O–H groups in total. The molecule has 132 valence electrons. The number of rotatable bonds is 9. The van der Waals surface area contributed by atoms with Crippen molar-refractivity contribution in [2.75, 3.05) is 38.0 Å². The molecule has 3 heterocycles. The lowest BCUT2D eigenvalue weighted by atomic mass is 10.1. The van der Waals surface area contributed by atoms with E-state index in [4.69, 9.17) is 10.1 Å². The first-order chi connectivity index (χ1) is 11.7. The number of nitrogens with zero attached hydrogens (tertiary/aromatic N) is 2. The number of carbonyl (C=O) groups is 1. The van der Waals surface area contributed by atoms with Gasteiger partial charge in [-0.05, 0) is 50.3 Å². The zero-order valence-corrected chi connectivity index (χ0v) is 14.3. The van der Waals surface area contributed by atoms with Gasteiger partial charge in [0.2, 0.25) is 0 Å². The number of aliphatic carboxylic acids is 1. The molecule has 0 atom stereocenters. The van der Waals surface area contributed by atoms with Crippen LogP contribution >= 0.6 is 0 Å². The zero-order valence-electron chi connectivity index (χ0n) is 14.3. The highest BCUT2D eigenvalue weighted by Gasteiger charge is 2.26. The van der Waals surface area contributed by atoms with Gasteiger partial charge in [-0.25, -0.2) is 4.98 Å². The Morgan fingerprint density at radius 3 is 3.04 bits per heavy atom. The number of likely N-dealkylation sites (tertiary alicyclic amines) is 1. The number of anilines is 1. The van der Waals surface area contributed by atoms with E-state index >= 15 is 0 Å². The minimum Gasteiger partial charge on any atom is -0.480 e. The first kappa shape index (κ1) is 17.2. The lowest BCUT2D eigenvalue weighted by molar-refractivity contribution is -0.139. The molecule has 0 amide bonds. The third-order valence-electron chi connectivity index (χ3n) is 4.81. The van der Waals surface area contributed by atoms with E-state index in [1.54, 1.807) is 0 Å². The number of hydrogen-bond donors (Lipinski definition) is 3. The second-order valence-corrected chi connectivity index (χ2v) is 6.89. The summed E-state index contributed by atoms with van der Waals surface area (Å²) in [4.78, 5) is 17.3. The number of aromatic nitrogens is 1. The summed E-state index contributed by atoms with van der Waals surface area (Å²) in [6.07, 6.45) is 6.93. The maximum absolute atomic E-state index is 10.6.